The zero-order valence-corrected chi connectivity index (χ0v) is 16.2. The summed E-state index contributed by atoms with van der Waals surface area (Å²) in [4.78, 5) is 12.8. The topological polar surface area (TPSA) is 75.7 Å². The second-order valence-electron chi connectivity index (χ2n) is 6.50. The number of hydrogen-bond acceptors (Lipinski definition) is 4. The summed E-state index contributed by atoms with van der Waals surface area (Å²) < 4.78 is 32.8. The number of carbonyl (C=O) groups excluding carboxylic acids is 1. The van der Waals surface area contributed by atoms with Gasteiger partial charge in [-0.25, -0.2) is 8.42 Å². The molecule has 0 saturated carbocycles. The van der Waals surface area contributed by atoms with Gasteiger partial charge < -0.3 is 10.1 Å². The van der Waals surface area contributed by atoms with E-state index < -0.39 is 15.9 Å². The number of ether oxygens (including phenoxy) is 1. The Morgan fingerprint density at radius 2 is 1.67 bits per heavy atom. The first-order chi connectivity index (χ1) is 13.0. The fraction of sp³-hybridized carbons (Fsp3) is 0.350. The molecule has 2 aromatic carbocycles. The molecule has 3 rings (SSSR count). The summed E-state index contributed by atoms with van der Waals surface area (Å²) in [6.45, 7) is 1.03. The maximum Gasteiger partial charge on any atom is 0.259 e. The van der Waals surface area contributed by atoms with Crippen molar-refractivity contribution >= 4 is 21.6 Å². The van der Waals surface area contributed by atoms with Crippen LogP contribution in [0.4, 0.5) is 5.69 Å². The molecular formula is C20H24N2O4S. The standard InChI is InChI=1S/C20H24N2O4S/c1-26-19-12-11-17(27(24,25)22-13-7-2-3-8-14-22)15-18(19)20(23)21-16-9-5-4-6-10-16/h4-6,9-12,15H,2-3,7-8,13-14H2,1H3,(H,21,23). The maximum absolute atomic E-state index is 13.0. The van der Waals surface area contributed by atoms with Crippen LogP contribution in [0.2, 0.25) is 0 Å². The number of para-hydroxylation sites is 1. The summed E-state index contributed by atoms with van der Waals surface area (Å²) in [5.41, 5.74) is 0.822. The Labute approximate surface area is 160 Å². The van der Waals surface area contributed by atoms with Crippen molar-refractivity contribution in [2.75, 3.05) is 25.5 Å². The van der Waals surface area contributed by atoms with E-state index in [1.54, 1.807) is 12.1 Å². The summed E-state index contributed by atoms with van der Waals surface area (Å²) in [7, 11) is -2.19. The van der Waals surface area contributed by atoms with Gasteiger partial charge in [-0.15, -0.1) is 0 Å². The minimum Gasteiger partial charge on any atom is -0.496 e. The fourth-order valence-corrected chi connectivity index (χ4v) is 4.72. The van der Waals surface area contributed by atoms with Crippen LogP contribution >= 0.6 is 0 Å². The van der Waals surface area contributed by atoms with Gasteiger partial charge in [-0.05, 0) is 43.2 Å². The number of methoxy groups -OCH3 is 1. The number of amides is 1. The van der Waals surface area contributed by atoms with Crippen LogP contribution in [0, 0.1) is 0 Å². The number of anilines is 1. The van der Waals surface area contributed by atoms with Crippen LogP contribution in [0.3, 0.4) is 0 Å². The smallest absolute Gasteiger partial charge is 0.259 e. The van der Waals surface area contributed by atoms with E-state index in [0.717, 1.165) is 25.7 Å². The normalized spacial score (nSPS) is 15.7. The molecule has 6 nitrogen and oxygen atoms in total. The van der Waals surface area contributed by atoms with E-state index in [4.69, 9.17) is 4.74 Å². The number of nitrogens with one attached hydrogen (secondary N) is 1. The largest absolute Gasteiger partial charge is 0.496 e. The van der Waals surface area contributed by atoms with Crippen LogP contribution in [0.15, 0.2) is 53.4 Å². The number of nitrogens with zero attached hydrogens (tertiary/aromatic N) is 1. The van der Waals surface area contributed by atoms with Gasteiger partial charge in [0, 0.05) is 18.8 Å². The molecule has 0 atom stereocenters. The van der Waals surface area contributed by atoms with Gasteiger partial charge >= 0.3 is 0 Å². The molecule has 7 heteroatoms. The molecule has 0 aliphatic carbocycles. The second kappa shape index (κ2) is 8.54. The molecule has 1 heterocycles. The fourth-order valence-electron chi connectivity index (χ4n) is 3.18. The molecule has 0 unspecified atom stereocenters. The quantitative estimate of drug-likeness (QED) is 0.850. The molecule has 0 bridgehead atoms. The second-order valence-corrected chi connectivity index (χ2v) is 8.44. The Hall–Kier alpha value is -2.38. The highest BCUT2D eigenvalue weighted by molar-refractivity contribution is 7.89. The molecule has 1 saturated heterocycles. The van der Waals surface area contributed by atoms with Gasteiger partial charge in [0.25, 0.3) is 5.91 Å². The molecule has 1 aliphatic rings. The van der Waals surface area contributed by atoms with Crippen LogP contribution in [0.25, 0.3) is 0 Å². The summed E-state index contributed by atoms with van der Waals surface area (Å²) in [6.07, 6.45) is 3.80. The number of carbonyl (C=O) groups is 1. The molecule has 1 amide bonds. The average molecular weight is 388 g/mol. The van der Waals surface area contributed by atoms with Gasteiger partial charge in [-0.2, -0.15) is 4.31 Å². The highest BCUT2D eigenvalue weighted by Gasteiger charge is 2.27. The Kier molecular flexibility index (Phi) is 6.13. The molecule has 1 fully saturated rings. The first kappa shape index (κ1) is 19.4. The van der Waals surface area contributed by atoms with Crippen molar-refractivity contribution in [2.45, 2.75) is 30.6 Å². The third kappa shape index (κ3) is 4.48. The molecule has 144 valence electrons. The zero-order chi connectivity index (χ0) is 19.3. The van der Waals surface area contributed by atoms with E-state index >= 15 is 0 Å². The van der Waals surface area contributed by atoms with Gasteiger partial charge in [0.2, 0.25) is 10.0 Å². The van der Waals surface area contributed by atoms with E-state index in [1.807, 2.05) is 18.2 Å². The number of rotatable bonds is 5. The van der Waals surface area contributed by atoms with Crippen molar-refractivity contribution < 1.29 is 17.9 Å². The highest BCUT2D eigenvalue weighted by atomic mass is 32.2. The van der Waals surface area contributed by atoms with Crippen LogP contribution in [-0.4, -0.2) is 38.8 Å². The molecule has 2 aromatic rings. The third-order valence-corrected chi connectivity index (χ3v) is 6.54. The van der Waals surface area contributed by atoms with E-state index in [2.05, 4.69) is 5.32 Å². The minimum absolute atomic E-state index is 0.114. The van der Waals surface area contributed by atoms with Crippen molar-refractivity contribution in [1.82, 2.24) is 4.31 Å². The Morgan fingerprint density at radius 3 is 2.30 bits per heavy atom. The van der Waals surface area contributed by atoms with E-state index in [0.29, 0.717) is 24.5 Å². The molecule has 0 radical (unpaired) electrons. The highest BCUT2D eigenvalue weighted by Crippen LogP contribution is 2.27. The van der Waals surface area contributed by atoms with Crippen LogP contribution in [0.1, 0.15) is 36.0 Å². The number of sulfonamides is 1. The third-order valence-electron chi connectivity index (χ3n) is 4.65. The molecule has 0 aromatic heterocycles. The van der Waals surface area contributed by atoms with Gasteiger partial charge in [-0.3, -0.25) is 4.79 Å². The summed E-state index contributed by atoms with van der Waals surface area (Å²) in [5, 5.41) is 2.77. The SMILES string of the molecule is COc1ccc(S(=O)(=O)N2CCCCCC2)cc1C(=O)Nc1ccccc1. The number of benzene rings is 2. The summed E-state index contributed by atoms with van der Waals surface area (Å²) >= 11 is 0. The van der Waals surface area contributed by atoms with Crippen molar-refractivity contribution in [3.63, 3.8) is 0 Å². The predicted molar refractivity (Wildman–Crippen MR) is 105 cm³/mol. The Balaban J connectivity index is 1.91. The molecule has 0 spiro atoms. The lowest BCUT2D eigenvalue weighted by molar-refractivity contribution is 0.102. The molecular weight excluding hydrogens is 364 g/mol. The Morgan fingerprint density at radius 1 is 1.00 bits per heavy atom. The minimum atomic E-state index is -3.64. The van der Waals surface area contributed by atoms with Crippen LogP contribution in [-0.2, 0) is 10.0 Å². The maximum atomic E-state index is 13.0. The summed E-state index contributed by atoms with van der Waals surface area (Å²) in [6, 6.07) is 13.4. The van der Waals surface area contributed by atoms with Crippen LogP contribution in [0.5, 0.6) is 5.75 Å². The summed E-state index contributed by atoms with van der Waals surface area (Å²) in [5.74, 6) is -0.0794. The first-order valence-corrected chi connectivity index (χ1v) is 10.5. The van der Waals surface area contributed by atoms with Gasteiger partial charge in [0.05, 0.1) is 17.6 Å². The van der Waals surface area contributed by atoms with E-state index in [9.17, 15) is 13.2 Å². The predicted octanol–water partition coefficient (Wildman–Crippen LogP) is 3.51. The molecule has 27 heavy (non-hydrogen) atoms. The zero-order valence-electron chi connectivity index (χ0n) is 15.3. The average Bonchev–Trinajstić information content (AvgIpc) is 2.98. The Bertz CT molecular complexity index is 889. The first-order valence-electron chi connectivity index (χ1n) is 9.07. The lowest BCUT2D eigenvalue weighted by Gasteiger charge is -2.20. The van der Waals surface area contributed by atoms with Crippen LogP contribution < -0.4 is 10.1 Å². The molecule has 1 N–H and O–H groups in total. The lowest BCUT2D eigenvalue weighted by Crippen LogP contribution is -2.32. The van der Waals surface area contributed by atoms with E-state index in [1.165, 1.54) is 29.6 Å². The van der Waals surface area contributed by atoms with Gasteiger partial charge in [0.1, 0.15) is 5.75 Å². The van der Waals surface area contributed by atoms with Crippen molar-refractivity contribution in [2.24, 2.45) is 0 Å². The van der Waals surface area contributed by atoms with Gasteiger partial charge in [-0.1, -0.05) is 31.0 Å². The number of hydrogen-bond donors (Lipinski definition) is 1. The van der Waals surface area contributed by atoms with Crippen molar-refractivity contribution in [3.8, 4) is 5.75 Å². The van der Waals surface area contributed by atoms with Crippen molar-refractivity contribution in [3.05, 3.63) is 54.1 Å². The van der Waals surface area contributed by atoms with Gasteiger partial charge in [0.15, 0.2) is 0 Å². The lowest BCUT2D eigenvalue weighted by atomic mass is 10.2. The van der Waals surface area contributed by atoms with E-state index in [-0.39, 0.29) is 10.5 Å². The monoisotopic (exact) mass is 388 g/mol. The molecule has 1 aliphatic heterocycles. The van der Waals surface area contributed by atoms with Crippen molar-refractivity contribution in [1.29, 1.82) is 0 Å².